The van der Waals surface area contributed by atoms with Gasteiger partial charge in [-0.25, -0.2) is 4.98 Å². The van der Waals surface area contributed by atoms with Crippen LogP contribution in [0.5, 0.6) is 0 Å². The quantitative estimate of drug-likeness (QED) is 0.857. The SMILES string of the molecule is N#Cc1cccc(NCCN2CCCCC2)n1. The van der Waals surface area contributed by atoms with Crippen molar-refractivity contribution in [1.82, 2.24) is 9.88 Å². The summed E-state index contributed by atoms with van der Waals surface area (Å²) in [6.07, 6.45) is 4.01. The molecule has 2 rings (SSSR count). The zero-order valence-electron chi connectivity index (χ0n) is 10.0. The number of nitrogens with zero attached hydrogens (tertiary/aromatic N) is 3. The van der Waals surface area contributed by atoms with Gasteiger partial charge in [-0.3, -0.25) is 0 Å². The van der Waals surface area contributed by atoms with Crippen molar-refractivity contribution in [3.05, 3.63) is 23.9 Å². The lowest BCUT2D eigenvalue weighted by atomic mass is 10.1. The van der Waals surface area contributed by atoms with Crippen LogP contribution in [0.15, 0.2) is 18.2 Å². The van der Waals surface area contributed by atoms with Crippen molar-refractivity contribution >= 4 is 5.82 Å². The van der Waals surface area contributed by atoms with E-state index in [0.717, 1.165) is 18.9 Å². The van der Waals surface area contributed by atoms with Gasteiger partial charge in [0.1, 0.15) is 17.6 Å². The Labute approximate surface area is 102 Å². The van der Waals surface area contributed by atoms with Gasteiger partial charge in [0.25, 0.3) is 0 Å². The van der Waals surface area contributed by atoms with Crippen LogP contribution >= 0.6 is 0 Å². The highest BCUT2D eigenvalue weighted by Crippen LogP contribution is 2.08. The van der Waals surface area contributed by atoms with Gasteiger partial charge in [0, 0.05) is 13.1 Å². The lowest BCUT2D eigenvalue weighted by molar-refractivity contribution is 0.237. The van der Waals surface area contributed by atoms with Crippen LogP contribution in [0.1, 0.15) is 25.0 Å². The van der Waals surface area contributed by atoms with Gasteiger partial charge in [0.2, 0.25) is 0 Å². The van der Waals surface area contributed by atoms with E-state index in [4.69, 9.17) is 5.26 Å². The number of nitriles is 1. The van der Waals surface area contributed by atoms with E-state index < -0.39 is 0 Å². The Bertz CT molecular complexity index is 391. The van der Waals surface area contributed by atoms with Crippen molar-refractivity contribution in [2.24, 2.45) is 0 Å². The maximum atomic E-state index is 8.74. The number of pyridine rings is 1. The van der Waals surface area contributed by atoms with Crippen LogP contribution in [0.25, 0.3) is 0 Å². The van der Waals surface area contributed by atoms with Gasteiger partial charge in [-0.1, -0.05) is 12.5 Å². The Morgan fingerprint density at radius 2 is 2.12 bits per heavy atom. The molecule has 0 aliphatic carbocycles. The van der Waals surface area contributed by atoms with E-state index in [9.17, 15) is 0 Å². The average molecular weight is 230 g/mol. The number of hydrogen-bond acceptors (Lipinski definition) is 4. The fraction of sp³-hybridized carbons (Fsp3) is 0.538. The van der Waals surface area contributed by atoms with Gasteiger partial charge in [0.15, 0.2) is 0 Å². The molecule has 0 unspecified atom stereocenters. The molecule has 0 saturated carbocycles. The highest BCUT2D eigenvalue weighted by Gasteiger charge is 2.08. The standard InChI is InChI=1S/C13H18N4/c14-11-12-5-4-6-13(16-12)15-7-10-17-8-2-1-3-9-17/h4-6H,1-3,7-10H2,(H,15,16). The van der Waals surface area contributed by atoms with E-state index in [0.29, 0.717) is 5.69 Å². The first-order valence-electron chi connectivity index (χ1n) is 6.22. The first kappa shape index (κ1) is 11.9. The van der Waals surface area contributed by atoms with Gasteiger partial charge in [-0.05, 0) is 38.1 Å². The Morgan fingerprint density at radius 1 is 1.29 bits per heavy atom. The minimum Gasteiger partial charge on any atom is -0.369 e. The third-order valence-corrected chi connectivity index (χ3v) is 3.05. The summed E-state index contributed by atoms with van der Waals surface area (Å²) in [5.74, 6) is 0.793. The molecule has 0 amide bonds. The summed E-state index contributed by atoms with van der Waals surface area (Å²) in [6.45, 7) is 4.38. The molecular weight excluding hydrogens is 212 g/mol. The van der Waals surface area contributed by atoms with E-state index in [2.05, 4.69) is 15.2 Å². The second-order valence-electron chi connectivity index (χ2n) is 4.35. The lowest BCUT2D eigenvalue weighted by Crippen LogP contribution is -2.33. The smallest absolute Gasteiger partial charge is 0.142 e. The Hall–Kier alpha value is -1.60. The zero-order chi connectivity index (χ0) is 11.9. The van der Waals surface area contributed by atoms with Crippen molar-refractivity contribution in [3.8, 4) is 6.07 Å². The summed E-state index contributed by atoms with van der Waals surface area (Å²) < 4.78 is 0. The number of anilines is 1. The van der Waals surface area contributed by atoms with Crippen molar-refractivity contribution < 1.29 is 0 Å². The van der Waals surface area contributed by atoms with Gasteiger partial charge in [0.05, 0.1) is 0 Å². The summed E-state index contributed by atoms with van der Waals surface area (Å²) >= 11 is 0. The van der Waals surface area contributed by atoms with Gasteiger partial charge in [-0.15, -0.1) is 0 Å². The average Bonchev–Trinajstić information content (AvgIpc) is 2.40. The molecule has 0 aromatic carbocycles. The largest absolute Gasteiger partial charge is 0.369 e. The second kappa shape index (κ2) is 6.21. The number of nitrogens with one attached hydrogen (secondary N) is 1. The number of rotatable bonds is 4. The van der Waals surface area contributed by atoms with Crippen LogP contribution in [0.3, 0.4) is 0 Å². The summed E-state index contributed by atoms with van der Waals surface area (Å²) in [4.78, 5) is 6.66. The predicted molar refractivity (Wildman–Crippen MR) is 67.7 cm³/mol. The minimum absolute atomic E-state index is 0.466. The molecule has 1 fully saturated rings. The second-order valence-corrected chi connectivity index (χ2v) is 4.35. The Kier molecular flexibility index (Phi) is 4.34. The Morgan fingerprint density at radius 3 is 2.88 bits per heavy atom. The summed E-state index contributed by atoms with van der Waals surface area (Å²) in [5, 5.41) is 12.0. The molecule has 1 aromatic heterocycles. The van der Waals surface area contributed by atoms with E-state index in [1.165, 1.54) is 32.4 Å². The highest BCUT2D eigenvalue weighted by molar-refractivity contribution is 5.38. The molecule has 4 nitrogen and oxygen atoms in total. The summed E-state index contributed by atoms with van der Waals surface area (Å²) in [7, 11) is 0. The van der Waals surface area contributed by atoms with Crippen molar-refractivity contribution in [2.45, 2.75) is 19.3 Å². The predicted octanol–water partition coefficient (Wildman–Crippen LogP) is 1.85. The van der Waals surface area contributed by atoms with Crippen LogP contribution in [0, 0.1) is 11.3 Å². The van der Waals surface area contributed by atoms with Crippen molar-refractivity contribution in [3.63, 3.8) is 0 Å². The minimum atomic E-state index is 0.466. The van der Waals surface area contributed by atoms with E-state index in [1.807, 2.05) is 18.2 Å². The number of hydrogen-bond donors (Lipinski definition) is 1. The third kappa shape index (κ3) is 3.72. The van der Waals surface area contributed by atoms with Gasteiger partial charge in [-0.2, -0.15) is 5.26 Å². The van der Waals surface area contributed by atoms with Crippen LogP contribution < -0.4 is 5.32 Å². The van der Waals surface area contributed by atoms with Crippen molar-refractivity contribution in [1.29, 1.82) is 5.26 Å². The molecular formula is C13H18N4. The maximum Gasteiger partial charge on any atom is 0.142 e. The fourth-order valence-corrected chi connectivity index (χ4v) is 2.12. The summed E-state index contributed by atoms with van der Waals surface area (Å²) in [6, 6.07) is 7.52. The van der Waals surface area contributed by atoms with E-state index in [-0.39, 0.29) is 0 Å². The molecule has 1 aliphatic rings. The monoisotopic (exact) mass is 230 g/mol. The highest BCUT2D eigenvalue weighted by atomic mass is 15.1. The normalized spacial score (nSPS) is 16.4. The zero-order valence-corrected chi connectivity index (χ0v) is 10.0. The number of aromatic nitrogens is 1. The molecule has 4 heteroatoms. The molecule has 1 aromatic rings. The Balaban J connectivity index is 1.75. The summed E-state index contributed by atoms with van der Waals surface area (Å²) in [5.41, 5.74) is 0.466. The van der Waals surface area contributed by atoms with Crippen LogP contribution in [-0.2, 0) is 0 Å². The molecule has 90 valence electrons. The first-order valence-corrected chi connectivity index (χ1v) is 6.22. The molecule has 0 bridgehead atoms. The van der Waals surface area contributed by atoms with Crippen molar-refractivity contribution in [2.75, 3.05) is 31.5 Å². The number of likely N-dealkylation sites (tertiary alicyclic amines) is 1. The first-order chi connectivity index (χ1) is 8.38. The van der Waals surface area contributed by atoms with Crippen LogP contribution in [-0.4, -0.2) is 36.1 Å². The third-order valence-electron chi connectivity index (χ3n) is 3.05. The van der Waals surface area contributed by atoms with E-state index in [1.54, 1.807) is 6.07 Å². The molecule has 0 radical (unpaired) electrons. The molecule has 2 heterocycles. The molecule has 1 saturated heterocycles. The maximum absolute atomic E-state index is 8.74. The molecule has 0 atom stereocenters. The topological polar surface area (TPSA) is 52.0 Å². The van der Waals surface area contributed by atoms with Gasteiger partial charge < -0.3 is 10.2 Å². The molecule has 0 spiro atoms. The van der Waals surface area contributed by atoms with E-state index >= 15 is 0 Å². The molecule has 17 heavy (non-hydrogen) atoms. The number of piperidine rings is 1. The van der Waals surface area contributed by atoms with Crippen LogP contribution in [0.4, 0.5) is 5.82 Å². The molecule has 1 N–H and O–H groups in total. The fourth-order valence-electron chi connectivity index (χ4n) is 2.12. The van der Waals surface area contributed by atoms with Crippen LogP contribution in [0.2, 0.25) is 0 Å². The molecule has 1 aliphatic heterocycles. The lowest BCUT2D eigenvalue weighted by Gasteiger charge is -2.26. The van der Waals surface area contributed by atoms with Gasteiger partial charge >= 0.3 is 0 Å².